The third kappa shape index (κ3) is 4.96. The predicted molar refractivity (Wildman–Crippen MR) is 118 cm³/mol. The van der Waals surface area contributed by atoms with Gasteiger partial charge in [-0.1, -0.05) is 44.2 Å². The van der Waals surface area contributed by atoms with Crippen molar-refractivity contribution in [3.05, 3.63) is 71.5 Å². The van der Waals surface area contributed by atoms with Gasteiger partial charge in [-0.25, -0.2) is 4.39 Å². The molecule has 2 N–H and O–H groups in total. The maximum atomic E-state index is 13.4. The molecule has 0 bridgehead atoms. The maximum absolute atomic E-state index is 13.4. The number of aliphatic hydroxyl groups is 1. The summed E-state index contributed by atoms with van der Waals surface area (Å²) in [5.41, 5.74) is -0.0698. The molecule has 1 saturated heterocycles. The van der Waals surface area contributed by atoms with Crippen molar-refractivity contribution >= 4 is 11.8 Å². The molecule has 0 spiro atoms. The largest absolute Gasteiger partial charge is 0.388 e. The molecule has 3 unspecified atom stereocenters. The lowest BCUT2D eigenvalue weighted by molar-refractivity contribution is -0.147. The van der Waals surface area contributed by atoms with Crippen LogP contribution in [0.2, 0.25) is 0 Å². The Kier molecular flexibility index (Phi) is 7.11. The fraction of sp³-hybridized carbons (Fsp3) is 0.440. The molecule has 1 fully saturated rings. The lowest BCUT2D eigenvalue weighted by Crippen LogP contribution is -2.63. The lowest BCUT2D eigenvalue weighted by atomic mass is 9.78. The number of hydrogen-bond acceptors (Lipinski definition) is 3. The summed E-state index contributed by atoms with van der Waals surface area (Å²) < 4.78 is 13.3. The van der Waals surface area contributed by atoms with Crippen LogP contribution in [-0.2, 0) is 4.79 Å². The number of benzene rings is 2. The van der Waals surface area contributed by atoms with E-state index < -0.39 is 29.4 Å². The Bertz CT molecular complexity index is 895. The number of likely N-dealkylation sites (tertiary alicyclic amines) is 1. The normalized spacial score (nSPS) is 23.6. The van der Waals surface area contributed by atoms with Crippen LogP contribution in [0.1, 0.15) is 62.0 Å². The third-order valence-electron chi connectivity index (χ3n) is 6.33. The van der Waals surface area contributed by atoms with Crippen LogP contribution in [0.25, 0.3) is 0 Å². The van der Waals surface area contributed by atoms with Crippen LogP contribution in [0.5, 0.6) is 0 Å². The molecule has 0 radical (unpaired) electrons. The van der Waals surface area contributed by atoms with Gasteiger partial charge in [0.2, 0.25) is 5.91 Å². The highest BCUT2D eigenvalue weighted by atomic mass is 19.1. The number of halogens is 1. The molecule has 31 heavy (non-hydrogen) atoms. The Morgan fingerprint density at radius 1 is 1.13 bits per heavy atom. The lowest BCUT2D eigenvalue weighted by Gasteiger charge is -2.49. The van der Waals surface area contributed by atoms with Gasteiger partial charge in [-0.2, -0.15) is 0 Å². The number of amides is 2. The molecular formula is C25H31FN2O3. The van der Waals surface area contributed by atoms with E-state index in [1.807, 2.05) is 44.2 Å². The summed E-state index contributed by atoms with van der Waals surface area (Å²) in [6.45, 7) is 6.09. The standard InChI is InChI=1S/C25H31FN2O3/c1-4-17(5-2)24(30)28-16-15-25(3,31)22(21(28)18-9-7-6-8-10-18)27-23(29)19-11-13-20(26)14-12-19/h6-14,17,21-22,31H,4-5,15-16H2,1-3H3,(H,27,29). The highest BCUT2D eigenvalue weighted by molar-refractivity contribution is 5.94. The average Bonchev–Trinajstić information content (AvgIpc) is 2.76. The molecule has 166 valence electrons. The Morgan fingerprint density at radius 3 is 2.32 bits per heavy atom. The number of carbonyl (C=O) groups is 2. The smallest absolute Gasteiger partial charge is 0.251 e. The Hall–Kier alpha value is -2.73. The van der Waals surface area contributed by atoms with E-state index in [4.69, 9.17) is 0 Å². The zero-order valence-electron chi connectivity index (χ0n) is 18.3. The molecule has 2 amide bonds. The summed E-state index contributed by atoms with van der Waals surface area (Å²) >= 11 is 0. The molecule has 2 aromatic carbocycles. The minimum Gasteiger partial charge on any atom is -0.388 e. The molecule has 1 aliphatic rings. The molecule has 1 heterocycles. The van der Waals surface area contributed by atoms with Gasteiger partial charge in [0, 0.05) is 18.0 Å². The van der Waals surface area contributed by atoms with Gasteiger partial charge in [0.25, 0.3) is 5.91 Å². The van der Waals surface area contributed by atoms with E-state index in [9.17, 15) is 19.1 Å². The third-order valence-corrected chi connectivity index (χ3v) is 6.33. The summed E-state index contributed by atoms with van der Waals surface area (Å²) in [6.07, 6.45) is 1.81. The van der Waals surface area contributed by atoms with E-state index in [0.717, 1.165) is 18.4 Å². The van der Waals surface area contributed by atoms with E-state index >= 15 is 0 Å². The first-order valence-electron chi connectivity index (χ1n) is 10.9. The number of hydrogen-bond donors (Lipinski definition) is 2. The summed E-state index contributed by atoms with van der Waals surface area (Å²) in [7, 11) is 0. The molecule has 0 aromatic heterocycles. The molecular weight excluding hydrogens is 395 g/mol. The monoisotopic (exact) mass is 426 g/mol. The van der Waals surface area contributed by atoms with Gasteiger partial charge >= 0.3 is 0 Å². The van der Waals surface area contributed by atoms with Crippen LogP contribution < -0.4 is 5.32 Å². The Balaban J connectivity index is 2.00. The summed E-state index contributed by atoms with van der Waals surface area (Å²) in [4.78, 5) is 28.2. The quantitative estimate of drug-likeness (QED) is 0.731. The van der Waals surface area contributed by atoms with Gasteiger partial charge in [0.05, 0.1) is 17.7 Å². The highest BCUT2D eigenvalue weighted by Crippen LogP contribution is 2.38. The number of piperidine rings is 1. The van der Waals surface area contributed by atoms with Crippen LogP contribution >= 0.6 is 0 Å². The number of nitrogens with zero attached hydrogens (tertiary/aromatic N) is 1. The number of rotatable bonds is 6. The van der Waals surface area contributed by atoms with E-state index in [1.54, 1.807) is 11.8 Å². The van der Waals surface area contributed by atoms with Crippen molar-refractivity contribution in [2.45, 2.75) is 57.7 Å². The number of carbonyl (C=O) groups excluding carboxylic acids is 2. The SMILES string of the molecule is CCC(CC)C(=O)N1CCC(C)(O)C(NC(=O)c2ccc(F)cc2)C1c1ccccc1. The molecule has 5 nitrogen and oxygen atoms in total. The predicted octanol–water partition coefficient (Wildman–Crippen LogP) is 4.08. The summed E-state index contributed by atoms with van der Waals surface area (Å²) in [6, 6.07) is 13.5. The topological polar surface area (TPSA) is 69.6 Å². The van der Waals surface area contributed by atoms with Crippen molar-refractivity contribution in [3.63, 3.8) is 0 Å². The van der Waals surface area contributed by atoms with Gasteiger partial charge in [-0.3, -0.25) is 9.59 Å². The molecule has 3 atom stereocenters. The second-order valence-electron chi connectivity index (χ2n) is 8.47. The molecule has 6 heteroatoms. The van der Waals surface area contributed by atoms with Gasteiger partial charge in [-0.05, 0) is 56.0 Å². The van der Waals surface area contributed by atoms with Crippen molar-refractivity contribution in [2.75, 3.05) is 6.54 Å². The zero-order valence-corrected chi connectivity index (χ0v) is 18.3. The summed E-state index contributed by atoms with van der Waals surface area (Å²) in [5, 5.41) is 14.2. The van der Waals surface area contributed by atoms with Crippen molar-refractivity contribution in [1.82, 2.24) is 10.2 Å². The van der Waals surface area contributed by atoms with Crippen molar-refractivity contribution in [2.24, 2.45) is 5.92 Å². The van der Waals surface area contributed by atoms with Crippen molar-refractivity contribution in [1.29, 1.82) is 0 Å². The van der Waals surface area contributed by atoms with Gasteiger partial charge in [-0.15, -0.1) is 0 Å². The molecule has 2 aromatic rings. The van der Waals surface area contributed by atoms with E-state index in [1.165, 1.54) is 24.3 Å². The second kappa shape index (κ2) is 9.60. The molecule has 0 aliphatic carbocycles. The Labute approximate surface area is 183 Å². The molecule has 0 saturated carbocycles. The van der Waals surface area contributed by atoms with E-state index in [2.05, 4.69) is 5.32 Å². The van der Waals surface area contributed by atoms with Crippen LogP contribution in [0.15, 0.2) is 54.6 Å². The first kappa shape index (κ1) is 22.9. The summed E-state index contributed by atoms with van der Waals surface area (Å²) in [5.74, 6) is -0.911. The minimum absolute atomic E-state index is 0.0374. The fourth-order valence-corrected chi connectivity index (χ4v) is 4.36. The van der Waals surface area contributed by atoms with Gasteiger partial charge in [0.1, 0.15) is 5.82 Å². The van der Waals surface area contributed by atoms with Crippen LogP contribution in [0, 0.1) is 11.7 Å². The van der Waals surface area contributed by atoms with Gasteiger partial charge in [0.15, 0.2) is 0 Å². The average molecular weight is 427 g/mol. The van der Waals surface area contributed by atoms with Crippen LogP contribution in [-0.4, -0.2) is 40.0 Å². The highest BCUT2D eigenvalue weighted by Gasteiger charge is 2.48. The second-order valence-corrected chi connectivity index (χ2v) is 8.47. The van der Waals surface area contributed by atoms with Crippen molar-refractivity contribution in [3.8, 4) is 0 Å². The minimum atomic E-state index is -1.22. The van der Waals surface area contributed by atoms with Crippen LogP contribution in [0.4, 0.5) is 4.39 Å². The first-order valence-corrected chi connectivity index (χ1v) is 10.9. The van der Waals surface area contributed by atoms with Crippen LogP contribution in [0.3, 0.4) is 0 Å². The number of nitrogens with one attached hydrogen (secondary N) is 1. The maximum Gasteiger partial charge on any atom is 0.251 e. The molecule has 1 aliphatic heterocycles. The van der Waals surface area contributed by atoms with Crippen molar-refractivity contribution < 1.29 is 19.1 Å². The Morgan fingerprint density at radius 2 is 1.74 bits per heavy atom. The fourth-order valence-electron chi connectivity index (χ4n) is 4.36. The molecule has 3 rings (SSSR count). The van der Waals surface area contributed by atoms with Gasteiger partial charge < -0.3 is 15.3 Å². The first-order chi connectivity index (χ1) is 14.8. The van der Waals surface area contributed by atoms with E-state index in [-0.39, 0.29) is 11.8 Å². The zero-order chi connectivity index (χ0) is 22.6. The van der Waals surface area contributed by atoms with E-state index in [0.29, 0.717) is 18.5 Å².